The molecule has 2 aromatic carbocycles. The van der Waals surface area contributed by atoms with Crippen molar-refractivity contribution >= 4 is 75.6 Å². The van der Waals surface area contributed by atoms with E-state index in [0.29, 0.717) is 51.3 Å². The smallest absolute Gasteiger partial charge is 0.339 e. The first-order valence-corrected chi connectivity index (χ1v) is 18.6. The van der Waals surface area contributed by atoms with Gasteiger partial charge in [0, 0.05) is 32.6 Å². The predicted octanol–water partition coefficient (Wildman–Crippen LogP) is 7.13. The van der Waals surface area contributed by atoms with E-state index in [1.165, 1.54) is 71.0 Å². The number of aromatic carboxylic acids is 2. The number of rotatable bonds is 12. The average molecular weight is 887 g/mol. The largest absolute Gasteiger partial charge is 0.494 e. The zero-order chi connectivity index (χ0) is 46.4. The second-order valence-corrected chi connectivity index (χ2v) is 13.1. The number of aromatic nitrogens is 4. The van der Waals surface area contributed by atoms with Crippen LogP contribution in [0.4, 0.5) is 49.0 Å². The van der Waals surface area contributed by atoms with Crippen molar-refractivity contribution < 1.29 is 47.6 Å². The highest BCUT2D eigenvalue weighted by Crippen LogP contribution is 2.35. The van der Waals surface area contributed by atoms with Gasteiger partial charge in [0.25, 0.3) is 11.8 Å². The highest BCUT2D eigenvalue weighted by atomic mass is 35.5. The van der Waals surface area contributed by atoms with Crippen molar-refractivity contribution in [2.24, 2.45) is 0 Å². The number of amides is 2. The molecule has 6 aromatic rings. The second-order valence-electron chi connectivity index (χ2n) is 12.8. The Morgan fingerprint density at radius 2 is 1.05 bits per heavy atom. The lowest BCUT2D eigenvalue weighted by molar-refractivity contribution is 0.0682. The third-order valence-corrected chi connectivity index (χ3v) is 8.73. The second kappa shape index (κ2) is 21.9. The fraction of sp³-hybridized carbons (Fsp3) is 0.143. The maximum Gasteiger partial charge on any atom is 0.339 e. The third kappa shape index (κ3) is 12.5. The monoisotopic (exact) mass is 886 g/mol. The molecule has 2 amide bonds. The van der Waals surface area contributed by atoms with Gasteiger partial charge in [-0.1, -0.05) is 23.7 Å². The van der Waals surface area contributed by atoms with Gasteiger partial charge in [0.05, 0.1) is 60.5 Å². The van der Waals surface area contributed by atoms with Crippen LogP contribution < -0.4 is 41.8 Å². The van der Waals surface area contributed by atoms with Crippen molar-refractivity contribution in [2.75, 3.05) is 50.0 Å². The van der Waals surface area contributed by atoms with Crippen LogP contribution in [0.2, 0.25) is 5.15 Å². The molecule has 0 spiro atoms. The summed E-state index contributed by atoms with van der Waals surface area (Å²) in [4.78, 5) is 62.6. The van der Waals surface area contributed by atoms with E-state index in [-0.39, 0.29) is 50.6 Å². The maximum atomic E-state index is 13.5. The molecule has 6 rings (SSSR count). The molecule has 4 aromatic heterocycles. The van der Waals surface area contributed by atoms with Crippen LogP contribution in [0.15, 0.2) is 85.5 Å². The van der Waals surface area contributed by atoms with E-state index in [2.05, 4.69) is 46.5 Å². The summed E-state index contributed by atoms with van der Waals surface area (Å²) in [5.74, 6) is -2.45. The molecular weight excluding hydrogens is 846 g/mol. The Balaban J connectivity index is 0.000000237. The van der Waals surface area contributed by atoms with Crippen LogP contribution in [0.25, 0.3) is 0 Å². The average Bonchev–Trinajstić information content (AvgIpc) is 3.26. The number of halogens is 3. The topological polar surface area (TPSA) is 265 Å². The molecule has 9 N–H and O–H groups in total. The molecule has 21 heteroatoms. The van der Waals surface area contributed by atoms with Gasteiger partial charge in [0.1, 0.15) is 45.4 Å². The molecule has 0 aliphatic heterocycles. The van der Waals surface area contributed by atoms with Gasteiger partial charge in [-0.05, 0) is 67.4 Å². The van der Waals surface area contributed by atoms with Gasteiger partial charge in [-0.2, -0.15) is 0 Å². The lowest BCUT2D eigenvalue weighted by atomic mass is 10.1. The standard InChI is InChI=1S/C21H20FN5O4.C15H14ClN3O4.C6H7FN2/c1-11-7-17(25-10-14(11)22)27-18-8-16(13(9-24-18)20(28)23-2)26-15-6-4-5-12(21(29)30)19(15)31-3;1-17-14(20)9-7-18-12(16)6-11(9)19-10-5-3-4-8(15(21)22)13(10)23-2;1-4-2-6(8)9-3-5(4)7/h4-10H,1-3H3,(H,23,28)(H,29,30)(H2,24,25,26,27);3-7H,1-2H3,(H,17,20)(H,18,19)(H,21,22);2-3H,1H3,(H2,8,9). The lowest BCUT2D eigenvalue weighted by Crippen LogP contribution is -2.19. The van der Waals surface area contributed by atoms with E-state index < -0.39 is 23.7 Å². The number of carbonyl (C=O) groups excluding carboxylic acids is 2. The zero-order valence-corrected chi connectivity index (χ0v) is 35.2. The Morgan fingerprint density at radius 3 is 1.49 bits per heavy atom. The summed E-state index contributed by atoms with van der Waals surface area (Å²) >= 11 is 5.88. The van der Waals surface area contributed by atoms with Crippen LogP contribution in [0, 0.1) is 25.5 Å². The Kier molecular flexibility index (Phi) is 16.5. The number of methoxy groups -OCH3 is 2. The Bertz CT molecular complexity index is 2660. The number of carboxylic acid groups (broad SMARTS) is 2. The molecule has 0 aliphatic rings. The molecule has 0 saturated heterocycles. The molecule has 63 heavy (non-hydrogen) atoms. The quantitative estimate of drug-likeness (QED) is 0.0568. The first-order valence-electron chi connectivity index (χ1n) is 18.2. The summed E-state index contributed by atoms with van der Waals surface area (Å²) in [6.07, 6.45) is 4.90. The van der Waals surface area contributed by atoms with Gasteiger partial charge >= 0.3 is 11.9 Å². The minimum absolute atomic E-state index is 0.000791. The Morgan fingerprint density at radius 1 is 0.603 bits per heavy atom. The molecule has 0 aliphatic carbocycles. The number of nitrogen functional groups attached to an aromatic ring is 1. The normalized spacial score (nSPS) is 10.1. The molecule has 0 bridgehead atoms. The van der Waals surface area contributed by atoms with Crippen LogP contribution >= 0.6 is 11.6 Å². The fourth-order valence-corrected chi connectivity index (χ4v) is 5.59. The van der Waals surface area contributed by atoms with Crippen molar-refractivity contribution in [1.29, 1.82) is 0 Å². The molecule has 0 radical (unpaired) electrons. The predicted molar refractivity (Wildman–Crippen MR) is 232 cm³/mol. The van der Waals surface area contributed by atoms with Crippen LogP contribution in [0.5, 0.6) is 11.5 Å². The summed E-state index contributed by atoms with van der Waals surface area (Å²) < 4.78 is 36.3. The number of ether oxygens (including phenoxy) is 2. The number of nitrogens with zero attached hydrogens (tertiary/aromatic N) is 4. The van der Waals surface area contributed by atoms with Gasteiger partial charge < -0.3 is 52.0 Å². The molecule has 4 heterocycles. The number of nitrogens with one attached hydrogen (secondary N) is 5. The van der Waals surface area contributed by atoms with Crippen LogP contribution in [0.3, 0.4) is 0 Å². The zero-order valence-electron chi connectivity index (χ0n) is 34.4. The molecule has 0 unspecified atom stereocenters. The number of carbonyl (C=O) groups is 4. The van der Waals surface area contributed by atoms with Crippen molar-refractivity contribution in [3.8, 4) is 11.5 Å². The van der Waals surface area contributed by atoms with Crippen LogP contribution in [0.1, 0.15) is 52.6 Å². The van der Waals surface area contributed by atoms with Crippen molar-refractivity contribution in [3.05, 3.63) is 136 Å². The molecule has 18 nitrogen and oxygen atoms in total. The number of anilines is 7. The van der Waals surface area contributed by atoms with E-state index in [0.717, 1.165) is 12.4 Å². The van der Waals surface area contributed by atoms with Gasteiger partial charge in [0.2, 0.25) is 0 Å². The number of pyridine rings is 4. The summed E-state index contributed by atoms with van der Waals surface area (Å²) in [5.41, 5.74) is 8.10. The maximum absolute atomic E-state index is 13.5. The molecular formula is C42H41ClF2N10O8. The number of aryl methyl sites for hydroxylation is 2. The van der Waals surface area contributed by atoms with Gasteiger partial charge in [-0.3, -0.25) is 9.59 Å². The van der Waals surface area contributed by atoms with E-state index in [4.69, 9.17) is 26.8 Å². The number of benzene rings is 2. The van der Waals surface area contributed by atoms with Crippen molar-refractivity contribution in [3.63, 3.8) is 0 Å². The number of nitrogens with two attached hydrogens (primary N) is 1. The van der Waals surface area contributed by atoms with E-state index in [9.17, 15) is 38.2 Å². The van der Waals surface area contributed by atoms with Gasteiger partial charge in [-0.15, -0.1) is 0 Å². The van der Waals surface area contributed by atoms with Gasteiger partial charge in [-0.25, -0.2) is 38.3 Å². The molecule has 0 fully saturated rings. The highest BCUT2D eigenvalue weighted by molar-refractivity contribution is 6.29. The third-order valence-electron chi connectivity index (χ3n) is 8.53. The van der Waals surface area contributed by atoms with Gasteiger partial charge in [0.15, 0.2) is 11.5 Å². The Labute approximate surface area is 363 Å². The highest BCUT2D eigenvalue weighted by Gasteiger charge is 2.20. The fourth-order valence-electron chi connectivity index (χ4n) is 5.43. The Hall–Kier alpha value is -8.13. The van der Waals surface area contributed by atoms with Crippen LogP contribution in [-0.4, -0.2) is 82.2 Å². The summed E-state index contributed by atoms with van der Waals surface area (Å²) in [5, 5.41) is 32.8. The summed E-state index contributed by atoms with van der Waals surface area (Å²) in [7, 11) is 5.70. The number of carboxylic acids is 2. The SMILES string of the molecule is CNC(=O)c1cnc(Cl)cc1Nc1cccc(C(=O)O)c1OC.CNC(=O)c1cnc(Nc2cc(C)c(F)cn2)cc1Nc1cccc(C(=O)O)c1OC.Cc1cc(N)ncc1F. The summed E-state index contributed by atoms with van der Waals surface area (Å²) in [6, 6.07) is 15.3. The molecule has 0 saturated carbocycles. The number of hydrogen-bond donors (Lipinski definition) is 8. The molecule has 328 valence electrons. The van der Waals surface area contributed by atoms with Crippen molar-refractivity contribution in [1.82, 2.24) is 30.6 Å². The minimum atomic E-state index is -1.15. The minimum Gasteiger partial charge on any atom is -0.494 e. The number of hydrogen-bond acceptors (Lipinski definition) is 14. The lowest BCUT2D eigenvalue weighted by Gasteiger charge is -2.16. The van der Waals surface area contributed by atoms with E-state index >= 15 is 0 Å². The first kappa shape index (κ1) is 47.5. The number of para-hydroxylation sites is 2. The molecule has 0 atom stereocenters. The first-order chi connectivity index (χ1) is 30.0. The van der Waals surface area contributed by atoms with E-state index in [1.807, 2.05) is 0 Å². The van der Waals surface area contributed by atoms with E-state index in [1.54, 1.807) is 44.2 Å². The van der Waals surface area contributed by atoms with Crippen LogP contribution in [-0.2, 0) is 0 Å². The van der Waals surface area contributed by atoms with Crippen molar-refractivity contribution in [2.45, 2.75) is 13.8 Å². The summed E-state index contributed by atoms with van der Waals surface area (Å²) in [6.45, 7) is 3.26.